The van der Waals surface area contributed by atoms with Crippen LogP contribution in [0.3, 0.4) is 0 Å². The van der Waals surface area contributed by atoms with Gasteiger partial charge in [0.15, 0.2) is 0 Å². The number of likely N-dealkylation sites (tertiary alicyclic amines) is 1. The molecular formula is C18H28N2O2. The monoisotopic (exact) mass is 304 g/mol. The first-order valence-electron chi connectivity index (χ1n) is 8.30. The second kappa shape index (κ2) is 8.91. The van der Waals surface area contributed by atoms with Crippen molar-refractivity contribution >= 4 is 5.97 Å². The minimum Gasteiger partial charge on any atom is -0.481 e. The van der Waals surface area contributed by atoms with Crippen LogP contribution in [-0.4, -0.2) is 54.1 Å². The standard InChI is InChI=1S/C18H28N2O2/c1-19(11-6-5-9-18(21)22)13-17-10-12-20(15-17)14-16-7-3-2-4-8-16/h2-4,7-8,17H,5-6,9-15H2,1H3,(H,21,22). The molecule has 1 N–H and O–H groups in total. The highest BCUT2D eigenvalue weighted by atomic mass is 16.4. The molecule has 4 nitrogen and oxygen atoms in total. The summed E-state index contributed by atoms with van der Waals surface area (Å²) >= 11 is 0. The van der Waals surface area contributed by atoms with E-state index < -0.39 is 5.97 Å². The van der Waals surface area contributed by atoms with Crippen LogP contribution >= 0.6 is 0 Å². The maximum absolute atomic E-state index is 10.5. The summed E-state index contributed by atoms with van der Waals surface area (Å²) in [6.45, 7) is 5.54. The number of hydrogen-bond acceptors (Lipinski definition) is 3. The van der Waals surface area contributed by atoms with E-state index in [4.69, 9.17) is 5.11 Å². The highest BCUT2D eigenvalue weighted by molar-refractivity contribution is 5.66. The predicted octanol–water partition coefficient (Wildman–Crippen LogP) is 2.70. The summed E-state index contributed by atoms with van der Waals surface area (Å²) in [4.78, 5) is 15.4. The van der Waals surface area contributed by atoms with E-state index in [9.17, 15) is 4.79 Å². The van der Waals surface area contributed by atoms with Crippen molar-refractivity contribution in [2.24, 2.45) is 5.92 Å². The summed E-state index contributed by atoms with van der Waals surface area (Å²) in [5.74, 6) is 0.0585. The summed E-state index contributed by atoms with van der Waals surface area (Å²) in [6, 6.07) is 10.7. The van der Waals surface area contributed by atoms with Crippen molar-refractivity contribution in [2.45, 2.75) is 32.2 Å². The number of carboxylic acids is 1. The van der Waals surface area contributed by atoms with Gasteiger partial charge in [-0.25, -0.2) is 0 Å². The van der Waals surface area contributed by atoms with Crippen LogP contribution in [0.4, 0.5) is 0 Å². The molecule has 0 spiro atoms. The minimum atomic E-state index is -0.685. The van der Waals surface area contributed by atoms with E-state index in [1.807, 2.05) is 0 Å². The van der Waals surface area contributed by atoms with Gasteiger partial charge in [0, 0.05) is 26.1 Å². The lowest BCUT2D eigenvalue weighted by atomic mass is 10.1. The third kappa shape index (κ3) is 6.16. The molecule has 1 fully saturated rings. The summed E-state index contributed by atoms with van der Waals surface area (Å²) in [6.07, 6.45) is 3.32. The SMILES string of the molecule is CN(CCCCC(=O)O)CC1CCN(Cc2ccccc2)C1. The van der Waals surface area contributed by atoms with Crippen molar-refractivity contribution in [1.29, 1.82) is 0 Å². The lowest BCUT2D eigenvalue weighted by Gasteiger charge is -2.21. The summed E-state index contributed by atoms with van der Waals surface area (Å²) in [5, 5.41) is 8.64. The van der Waals surface area contributed by atoms with Crippen LogP contribution in [-0.2, 0) is 11.3 Å². The summed E-state index contributed by atoms with van der Waals surface area (Å²) in [5.41, 5.74) is 1.39. The number of aliphatic carboxylic acids is 1. The number of rotatable bonds is 9. The van der Waals surface area contributed by atoms with Gasteiger partial charge in [-0.3, -0.25) is 9.69 Å². The molecule has 0 aromatic heterocycles. The van der Waals surface area contributed by atoms with Gasteiger partial charge in [-0.1, -0.05) is 30.3 Å². The van der Waals surface area contributed by atoms with E-state index in [0.717, 1.165) is 38.4 Å². The molecule has 1 heterocycles. The van der Waals surface area contributed by atoms with Crippen LogP contribution < -0.4 is 0 Å². The van der Waals surface area contributed by atoms with Crippen LogP contribution in [0.2, 0.25) is 0 Å². The Bertz CT molecular complexity index is 450. The van der Waals surface area contributed by atoms with Crippen LogP contribution in [0.1, 0.15) is 31.2 Å². The van der Waals surface area contributed by atoms with Crippen molar-refractivity contribution < 1.29 is 9.90 Å². The molecule has 1 atom stereocenters. The van der Waals surface area contributed by atoms with Crippen LogP contribution in [0.5, 0.6) is 0 Å². The number of unbranched alkanes of at least 4 members (excludes halogenated alkanes) is 1. The average Bonchev–Trinajstić information content (AvgIpc) is 2.91. The van der Waals surface area contributed by atoms with Crippen molar-refractivity contribution in [3.63, 3.8) is 0 Å². The van der Waals surface area contributed by atoms with Gasteiger partial charge >= 0.3 is 5.97 Å². The third-order valence-electron chi connectivity index (χ3n) is 4.37. The molecule has 122 valence electrons. The van der Waals surface area contributed by atoms with Gasteiger partial charge in [0.2, 0.25) is 0 Å². The Morgan fingerprint density at radius 2 is 2.09 bits per heavy atom. The zero-order valence-electron chi connectivity index (χ0n) is 13.6. The van der Waals surface area contributed by atoms with E-state index >= 15 is 0 Å². The molecule has 1 aliphatic heterocycles. The fourth-order valence-electron chi connectivity index (χ4n) is 3.24. The topological polar surface area (TPSA) is 43.8 Å². The lowest BCUT2D eigenvalue weighted by molar-refractivity contribution is -0.137. The Morgan fingerprint density at radius 3 is 2.82 bits per heavy atom. The highest BCUT2D eigenvalue weighted by Crippen LogP contribution is 2.19. The molecule has 1 aromatic rings. The predicted molar refractivity (Wildman–Crippen MR) is 88.8 cm³/mol. The Balaban J connectivity index is 1.62. The van der Waals surface area contributed by atoms with Gasteiger partial charge in [-0.15, -0.1) is 0 Å². The highest BCUT2D eigenvalue weighted by Gasteiger charge is 2.23. The Labute approximate surface area is 133 Å². The van der Waals surface area contributed by atoms with E-state index in [0.29, 0.717) is 6.42 Å². The molecule has 1 unspecified atom stereocenters. The molecule has 0 amide bonds. The molecule has 1 aliphatic rings. The third-order valence-corrected chi connectivity index (χ3v) is 4.37. The molecule has 1 saturated heterocycles. The molecule has 22 heavy (non-hydrogen) atoms. The zero-order chi connectivity index (χ0) is 15.8. The maximum atomic E-state index is 10.5. The van der Waals surface area contributed by atoms with Crippen molar-refractivity contribution in [1.82, 2.24) is 9.80 Å². The first kappa shape index (κ1) is 17.0. The minimum absolute atomic E-state index is 0.294. The van der Waals surface area contributed by atoms with Crippen LogP contribution in [0.15, 0.2) is 30.3 Å². The van der Waals surface area contributed by atoms with Gasteiger partial charge < -0.3 is 10.0 Å². The fourth-order valence-corrected chi connectivity index (χ4v) is 3.24. The second-order valence-electron chi connectivity index (χ2n) is 6.49. The van der Waals surface area contributed by atoms with E-state index in [1.165, 1.54) is 25.1 Å². The van der Waals surface area contributed by atoms with Crippen molar-refractivity contribution in [3.8, 4) is 0 Å². The van der Waals surface area contributed by atoms with E-state index in [1.54, 1.807) is 0 Å². The molecular weight excluding hydrogens is 276 g/mol. The Morgan fingerprint density at radius 1 is 1.32 bits per heavy atom. The number of carbonyl (C=O) groups is 1. The maximum Gasteiger partial charge on any atom is 0.303 e. The number of nitrogens with zero attached hydrogens (tertiary/aromatic N) is 2. The Kier molecular flexibility index (Phi) is 6.87. The van der Waals surface area contributed by atoms with Crippen LogP contribution in [0, 0.1) is 5.92 Å². The summed E-state index contributed by atoms with van der Waals surface area (Å²) < 4.78 is 0. The van der Waals surface area contributed by atoms with E-state index in [2.05, 4.69) is 47.2 Å². The largest absolute Gasteiger partial charge is 0.481 e. The average molecular weight is 304 g/mol. The van der Waals surface area contributed by atoms with Crippen molar-refractivity contribution in [3.05, 3.63) is 35.9 Å². The molecule has 0 aliphatic carbocycles. The number of hydrogen-bond donors (Lipinski definition) is 1. The lowest BCUT2D eigenvalue weighted by Crippen LogP contribution is -2.29. The quantitative estimate of drug-likeness (QED) is 0.712. The number of carboxylic acid groups (broad SMARTS) is 1. The Hall–Kier alpha value is -1.39. The number of benzene rings is 1. The van der Waals surface area contributed by atoms with Gasteiger partial charge in [-0.2, -0.15) is 0 Å². The molecule has 4 heteroatoms. The molecule has 2 rings (SSSR count). The first-order valence-corrected chi connectivity index (χ1v) is 8.30. The molecule has 0 radical (unpaired) electrons. The molecule has 0 bridgehead atoms. The zero-order valence-corrected chi connectivity index (χ0v) is 13.6. The van der Waals surface area contributed by atoms with Crippen LogP contribution in [0.25, 0.3) is 0 Å². The van der Waals surface area contributed by atoms with Gasteiger partial charge in [0.05, 0.1) is 0 Å². The van der Waals surface area contributed by atoms with Gasteiger partial charge in [-0.05, 0) is 50.9 Å². The van der Waals surface area contributed by atoms with Gasteiger partial charge in [0.1, 0.15) is 0 Å². The first-order chi connectivity index (χ1) is 10.6. The van der Waals surface area contributed by atoms with Gasteiger partial charge in [0.25, 0.3) is 0 Å². The van der Waals surface area contributed by atoms with Crippen molar-refractivity contribution in [2.75, 3.05) is 33.2 Å². The summed E-state index contributed by atoms with van der Waals surface area (Å²) in [7, 11) is 2.15. The normalized spacial score (nSPS) is 18.9. The molecule has 1 aromatic carbocycles. The second-order valence-corrected chi connectivity index (χ2v) is 6.49. The van der Waals surface area contributed by atoms with E-state index in [-0.39, 0.29) is 0 Å². The smallest absolute Gasteiger partial charge is 0.303 e. The fraction of sp³-hybridized carbons (Fsp3) is 0.611. The molecule has 0 saturated carbocycles.